The molecular weight excluding hydrogens is 406 g/mol. The van der Waals surface area contributed by atoms with Gasteiger partial charge in [0, 0.05) is 25.6 Å². The number of methoxy groups -OCH3 is 1. The number of sulfonamides is 1. The van der Waals surface area contributed by atoms with Crippen molar-refractivity contribution in [3.8, 4) is 5.75 Å². The second-order valence-corrected chi connectivity index (χ2v) is 9.63. The van der Waals surface area contributed by atoms with E-state index < -0.39 is 10.0 Å². The van der Waals surface area contributed by atoms with Crippen LogP contribution in [0.1, 0.15) is 36.8 Å². The zero-order valence-electron chi connectivity index (χ0n) is 17.8. The van der Waals surface area contributed by atoms with Crippen molar-refractivity contribution in [2.24, 2.45) is 11.8 Å². The molecule has 30 heavy (non-hydrogen) atoms. The highest BCUT2D eigenvalue weighted by Gasteiger charge is 2.36. The number of hydrogen-bond donors (Lipinski definition) is 1. The fraction of sp³-hybridized carbons (Fsp3) is 0.524. The number of carbonyl (C=O) groups is 1. The van der Waals surface area contributed by atoms with Gasteiger partial charge in [0.15, 0.2) is 5.76 Å². The molecule has 1 unspecified atom stereocenters. The normalized spacial score (nSPS) is 16.9. The summed E-state index contributed by atoms with van der Waals surface area (Å²) in [5.74, 6) is 0.970. The number of nitrogens with one attached hydrogen (secondary N) is 1. The highest BCUT2D eigenvalue weighted by atomic mass is 32.2. The van der Waals surface area contributed by atoms with Gasteiger partial charge in [-0.15, -0.1) is 0 Å². The molecule has 1 aromatic carbocycles. The Labute approximate surface area is 177 Å². The third-order valence-electron chi connectivity index (χ3n) is 5.79. The number of amides is 1. The Hall–Kier alpha value is -2.39. The van der Waals surface area contributed by atoms with Crippen molar-refractivity contribution in [2.75, 3.05) is 20.2 Å². The first kappa shape index (κ1) is 22.3. The molecule has 9 heteroatoms. The van der Waals surface area contributed by atoms with Gasteiger partial charge in [0.25, 0.3) is 0 Å². The number of aryl methyl sites for hydroxylation is 2. The van der Waals surface area contributed by atoms with Gasteiger partial charge in [0.2, 0.25) is 15.9 Å². The quantitative estimate of drug-likeness (QED) is 0.717. The van der Waals surface area contributed by atoms with E-state index in [4.69, 9.17) is 9.26 Å². The number of nitrogens with zero attached hydrogens (tertiary/aromatic N) is 2. The summed E-state index contributed by atoms with van der Waals surface area (Å²) in [6.07, 6.45) is 1.27. The van der Waals surface area contributed by atoms with Gasteiger partial charge >= 0.3 is 0 Å². The van der Waals surface area contributed by atoms with Crippen LogP contribution in [-0.4, -0.2) is 44.0 Å². The molecule has 3 rings (SSSR count). The van der Waals surface area contributed by atoms with Crippen molar-refractivity contribution in [3.63, 3.8) is 0 Å². The fourth-order valence-corrected chi connectivity index (χ4v) is 5.70. The van der Waals surface area contributed by atoms with Crippen LogP contribution in [0.15, 0.2) is 33.7 Å². The van der Waals surface area contributed by atoms with E-state index in [9.17, 15) is 13.2 Å². The van der Waals surface area contributed by atoms with E-state index >= 15 is 0 Å². The molecule has 164 valence electrons. The van der Waals surface area contributed by atoms with Crippen LogP contribution < -0.4 is 10.1 Å². The standard InChI is InChI=1S/C21H29N3O5S/c1-14(21(25)22-13-17-6-5-7-19(12-17)28-4)18-8-10-24(11-9-18)30(26,27)20-15(2)23-29-16(20)3/h5-7,12,14,18H,8-11,13H2,1-4H3,(H,22,25). The summed E-state index contributed by atoms with van der Waals surface area (Å²) in [6.45, 7) is 6.33. The molecule has 1 saturated heterocycles. The molecule has 0 saturated carbocycles. The Balaban J connectivity index is 1.55. The van der Waals surface area contributed by atoms with Crippen molar-refractivity contribution in [3.05, 3.63) is 41.3 Å². The van der Waals surface area contributed by atoms with Crippen molar-refractivity contribution >= 4 is 15.9 Å². The van der Waals surface area contributed by atoms with Crippen LogP contribution >= 0.6 is 0 Å². The molecule has 1 atom stereocenters. The lowest BCUT2D eigenvalue weighted by Crippen LogP contribution is -2.42. The lowest BCUT2D eigenvalue weighted by Gasteiger charge is -2.33. The van der Waals surface area contributed by atoms with Crippen molar-refractivity contribution < 1.29 is 22.5 Å². The van der Waals surface area contributed by atoms with E-state index in [1.807, 2.05) is 31.2 Å². The Kier molecular flexibility index (Phi) is 6.82. The van der Waals surface area contributed by atoms with Gasteiger partial charge in [0.1, 0.15) is 16.3 Å². The van der Waals surface area contributed by atoms with Crippen LogP contribution in [0, 0.1) is 25.7 Å². The minimum absolute atomic E-state index is 0.0233. The maximum absolute atomic E-state index is 12.9. The predicted molar refractivity (Wildman–Crippen MR) is 111 cm³/mol. The third-order valence-corrected chi connectivity index (χ3v) is 7.93. The Morgan fingerprint density at radius 3 is 2.63 bits per heavy atom. The van der Waals surface area contributed by atoms with Gasteiger partial charge in [-0.2, -0.15) is 4.31 Å². The lowest BCUT2D eigenvalue weighted by molar-refractivity contribution is -0.126. The molecule has 0 radical (unpaired) electrons. The smallest absolute Gasteiger partial charge is 0.248 e. The molecule has 2 heterocycles. The SMILES string of the molecule is COc1cccc(CNC(=O)C(C)C2CCN(S(=O)(=O)c3c(C)noc3C)CC2)c1. The summed E-state index contributed by atoms with van der Waals surface area (Å²) in [7, 11) is -2.03. The van der Waals surface area contributed by atoms with Crippen molar-refractivity contribution in [1.29, 1.82) is 0 Å². The second kappa shape index (κ2) is 9.18. The van der Waals surface area contributed by atoms with Gasteiger partial charge in [0.05, 0.1) is 7.11 Å². The highest BCUT2D eigenvalue weighted by molar-refractivity contribution is 7.89. The van der Waals surface area contributed by atoms with Crippen LogP contribution in [0.2, 0.25) is 0 Å². The fourth-order valence-electron chi connectivity index (χ4n) is 3.93. The second-order valence-electron chi connectivity index (χ2n) is 7.75. The average molecular weight is 436 g/mol. The van der Waals surface area contributed by atoms with Crippen molar-refractivity contribution in [1.82, 2.24) is 14.8 Å². The monoisotopic (exact) mass is 435 g/mol. The predicted octanol–water partition coefficient (Wildman–Crippen LogP) is 2.65. The summed E-state index contributed by atoms with van der Waals surface area (Å²) in [5.41, 5.74) is 1.34. The topological polar surface area (TPSA) is 102 Å². The summed E-state index contributed by atoms with van der Waals surface area (Å²) in [4.78, 5) is 12.8. The van der Waals surface area contributed by atoms with E-state index in [0.29, 0.717) is 43.9 Å². The minimum atomic E-state index is -3.64. The molecule has 1 amide bonds. The third kappa shape index (κ3) is 4.67. The average Bonchev–Trinajstić information content (AvgIpc) is 3.10. The van der Waals surface area contributed by atoms with E-state index in [1.54, 1.807) is 21.0 Å². The summed E-state index contributed by atoms with van der Waals surface area (Å²) >= 11 is 0. The molecule has 0 spiro atoms. The largest absolute Gasteiger partial charge is 0.497 e. The first-order chi connectivity index (χ1) is 14.2. The first-order valence-electron chi connectivity index (χ1n) is 10.1. The van der Waals surface area contributed by atoms with Gasteiger partial charge in [-0.25, -0.2) is 8.42 Å². The number of ether oxygens (including phenoxy) is 1. The number of carbonyl (C=O) groups excluding carboxylic acids is 1. The minimum Gasteiger partial charge on any atom is -0.497 e. The number of hydrogen-bond acceptors (Lipinski definition) is 6. The molecule has 8 nitrogen and oxygen atoms in total. The number of benzene rings is 1. The van der Waals surface area contributed by atoms with Crippen LogP contribution in [0.25, 0.3) is 0 Å². The summed E-state index contributed by atoms with van der Waals surface area (Å²) in [5, 5.41) is 6.74. The molecule has 0 aliphatic carbocycles. The van der Waals surface area contributed by atoms with Crippen molar-refractivity contribution in [2.45, 2.75) is 45.1 Å². The van der Waals surface area contributed by atoms with E-state index in [2.05, 4.69) is 10.5 Å². The molecule has 1 aliphatic heterocycles. The van der Waals surface area contributed by atoms with E-state index in [-0.39, 0.29) is 22.6 Å². The van der Waals surface area contributed by atoms with Gasteiger partial charge in [-0.3, -0.25) is 4.79 Å². The van der Waals surface area contributed by atoms with Gasteiger partial charge in [-0.05, 0) is 50.3 Å². The Morgan fingerprint density at radius 2 is 2.03 bits per heavy atom. The molecule has 1 fully saturated rings. The zero-order chi connectivity index (χ0) is 21.9. The maximum atomic E-state index is 12.9. The first-order valence-corrected chi connectivity index (χ1v) is 11.5. The number of piperidine rings is 1. The van der Waals surface area contributed by atoms with E-state index in [1.165, 1.54) is 4.31 Å². The number of rotatable bonds is 7. The molecule has 1 aliphatic rings. The van der Waals surface area contributed by atoms with Crippen LogP contribution in [-0.2, 0) is 21.4 Å². The highest BCUT2D eigenvalue weighted by Crippen LogP contribution is 2.30. The summed E-state index contributed by atoms with van der Waals surface area (Å²) in [6, 6.07) is 7.58. The Morgan fingerprint density at radius 1 is 1.33 bits per heavy atom. The van der Waals surface area contributed by atoms with E-state index in [0.717, 1.165) is 11.3 Å². The van der Waals surface area contributed by atoms with Crippen LogP contribution in [0.3, 0.4) is 0 Å². The molecule has 1 N–H and O–H groups in total. The van der Waals surface area contributed by atoms with Gasteiger partial charge < -0.3 is 14.6 Å². The maximum Gasteiger partial charge on any atom is 0.248 e. The summed E-state index contributed by atoms with van der Waals surface area (Å²) < 4.78 is 37.6. The number of aromatic nitrogens is 1. The Bertz CT molecular complexity index is 974. The van der Waals surface area contributed by atoms with Gasteiger partial charge in [-0.1, -0.05) is 24.2 Å². The van der Waals surface area contributed by atoms with Crippen LogP contribution in [0.4, 0.5) is 0 Å². The zero-order valence-corrected chi connectivity index (χ0v) is 18.7. The lowest BCUT2D eigenvalue weighted by atomic mass is 9.85. The molecule has 1 aromatic heterocycles. The molecule has 2 aromatic rings. The molecule has 0 bridgehead atoms. The van der Waals surface area contributed by atoms with Crippen LogP contribution in [0.5, 0.6) is 5.75 Å². The molecular formula is C21H29N3O5S.